The summed E-state index contributed by atoms with van der Waals surface area (Å²) in [6.07, 6.45) is 44.1. The van der Waals surface area contributed by atoms with Gasteiger partial charge in [-0.25, -0.2) is 0 Å². The summed E-state index contributed by atoms with van der Waals surface area (Å²) in [6.45, 7) is 6.43. The molecule has 0 aliphatic carbocycles. The lowest BCUT2D eigenvalue weighted by atomic mass is 10.0. The van der Waals surface area contributed by atoms with E-state index in [1.54, 1.807) is 0 Å². The largest absolute Gasteiger partial charge is 0.462 e. The van der Waals surface area contributed by atoms with Crippen LogP contribution < -0.4 is 5.32 Å². The third-order valence-corrected chi connectivity index (χ3v) is 10.8. The number of carbonyl (C=O) groups is 2. The number of aliphatic hydroxyl groups is 2. The Bertz CT molecular complexity index is 802. The van der Waals surface area contributed by atoms with Crippen LogP contribution in [-0.2, 0) is 14.3 Å². The standard InChI is InChI=1S/C47H91NO5/c1-4-7-10-13-16-19-21-22-23-25-27-29-32-35-38-43(53-47(52)40-37-34-31-28-24-20-17-14-11-8-5-2)41-46(51)48-44(42-49)45(50)39-36-33-30-26-18-15-12-9-6-3/h14,17,43-45,49-50H,4-13,15-16,18-42H2,1-3H3,(H,48,51)/b17-14-. The zero-order valence-corrected chi connectivity index (χ0v) is 35.7. The number of esters is 1. The number of aliphatic hydroxyl groups excluding tert-OH is 2. The van der Waals surface area contributed by atoms with E-state index in [4.69, 9.17) is 4.74 Å². The van der Waals surface area contributed by atoms with Gasteiger partial charge in [0.25, 0.3) is 0 Å². The Labute approximate surface area is 329 Å². The molecule has 0 aromatic carbocycles. The fraction of sp³-hybridized carbons (Fsp3) is 0.915. The molecule has 53 heavy (non-hydrogen) atoms. The third kappa shape index (κ3) is 37.3. The first-order valence-corrected chi connectivity index (χ1v) is 23.4. The first-order chi connectivity index (χ1) is 26.0. The molecule has 0 aliphatic heterocycles. The Hall–Kier alpha value is -1.40. The number of amides is 1. The normalized spacial score (nSPS) is 13.4. The summed E-state index contributed by atoms with van der Waals surface area (Å²) < 4.78 is 5.90. The highest BCUT2D eigenvalue weighted by Crippen LogP contribution is 2.18. The molecule has 314 valence electrons. The van der Waals surface area contributed by atoms with Crippen molar-refractivity contribution in [2.45, 2.75) is 270 Å². The summed E-state index contributed by atoms with van der Waals surface area (Å²) in [5.74, 6) is -0.474. The van der Waals surface area contributed by atoms with Gasteiger partial charge in [-0.3, -0.25) is 9.59 Å². The van der Waals surface area contributed by atoms with Crippen molar-refractivity contribution in [2.24, 2.45) is 0 Å². The molecule has 0 saturated heterocycles. The zero-order valence-electron chi connectivity index (χ0n) is 35.7. The van der Waals surface area contributed by atoms with Crippen LogP contribution in [0, 0.1) is 0 Å². The molecule has 0 radical (unpaired) electrons. The molecule has 0 bridgehead atoms. The van der Waals surface area contributed by atoms with Crippen molar-refractivity contribution >= 4 is 11.9 Å². The highest BCUT2D eigenvalue weighted by molar-refractivity contribution is 5.77. The lowest BCUT2D eigenvalue weighted by Crippen LogP contribution is -2.46. The van der Waals surface area contributed by atoms with Gasteiger partial charge in [0.15, 0.2) is 0 Å². The Morgan fingerprint density at radius 2 is 0.925 bits per heavy atom. The molecule has 0 aromatic rings. The molecule has 0 rings (SSSR count). The highest BCUT2D eigenvalue weighted by Gasteiger charge is 2.24. The SMILES string of the molecule is CCCC/C=C\CCCCCCCC(=O)OC(CCCCCCCCCCCCCCCC)CC(=O)NC(CO)C(O)CCCCCCCCCCC. The van der Waals surface area contributed by atoms with Crippen molar-refractivity contribution < 1.29 is 24.5 Å². The molecule has 0 aliphatic rings. The summed E-state index contributed by atoms with van der Waals surface area (Å²) in [7, 11) is 0. The van der Waals surface area contributed by atoms with Gasteiger partial charge in [0.1, 0.15) is 6.10 Å². The van der Waals surface area contributed by atoms with Gasteiger partial charge in [-0.15, -0.1) is 0 Å². The predicted molar refractivity (Wildman–Crippen MR) is 227 cm³/mol. The summed E-state index contributed by atoms with van der Waals surface area (Å²) in [6, 6.07) is -0.694. The molecule has 0 aromatic heterocycles. The van der Waals surface area contributed by atoms with Gasteiger partial charge in [0.05, 0.1) is 25.2 Å². The minimum absolute atomic E-state index is 0.0806. The van der Waals surface area contributed by atoms with E-state index in [1.807, 2.05) is 0 Å². The molecule has 6 nitrogen and oxygen atoms in total. The van der Waals surface area contributed by atoms with Crippen LogP contribution in [0.2, 0.25) is 0 Å². The maximum absolute atomic E-state index is 13.1. The predicted octanol–water partition coefficient (Wildman–Crippen LogP) is 13.4. The van der Waals surface area contributed by atoms with Gasteiger partial charge < -0.3 is 20.3 Å². The molecule has 0 spiro atoms. The number of nitrogens with one attached hydrogen (secondary N) is 1. The van der Waals surface area contributed by atoms with Crippen molar-refractivity contribution in [3.05, 3.63) is 12.2 Å². The molecular formula is C47H91NO5. The lowest BCUT2D eigenvalue weighted by Gasteiger charge is -2.24. The Morgan fingerprint density at radius 3 is 1.40 bits per heavy atom. The molecule has 0 fully saturated rings. The van der Waals surface area contributed by atoms with E-state index in [-0.39, 0.29) is 24.9 Å². The van der Waals surface area contributed by atoms with Gasteiger partial charge in [-0.2, -0.15) is 0 Å². The molecule has 0 heterocycles. The van der Waals surface area contributed by atoms with Gasteiger partial charge in [0.2, 0.25) is 5.91 Å². The van der Waals surface area contributed by atoms with Gasteiger partial charge in [0, 0.05) is 6.42 Å². The number of hydrogen-bond donors (Lipinski definition) is 3. The molecule has 3 N–H and O–H groups in total. The van der Waals surface area contributed by atoms with Crippen LogP contribution in [0.25, 0.3) is 0 Å². The van der Waals surface area contributed by atoms with E-state index in [9.17, 15) is 19.8 Å². The maximum Gasteiger partial charge on any atom is 0.306 e. The topological polar surface area (TPSA) is 95.9 Å². The molecule has 6 heteroatoms. The fourth-order valence-electron chi connectivity index (χ4n) is 7.23. The number of ether oxygens (including phenoxy) is 1. The van der Waals surface area contributed by atoms with Crippen LogP contribution >= 0.6 is 0 Å². The van der Waals surface area contributed by atoms with Crippen molar-refractivity contribution in [3.63, 3.8) is 0 Å². The Kier molecular flexibility index (Phi) is 40.7. The van der Waals surface area contributed by atoms with Gasteiger partial charge >= 0.3 is 5.97 Å². The van der Waals surface area contributed by atoms with Crippen LogP contribution in [0.15, 0.2) is 12.2 Å². The summed E-state index contributed by atoms with van der Waals surface area (Å²) >= 11 is 0. The van der Waals surface area contributed by atoms with Crippen molar-refractivity contribution in [3.8, 4) is 0 Å². The van der Waals surface area contributed by atoms with Crippen molar-refractivity contribution in [2.75, 3.05) is 6.61 Å². The number of hydrogen-bond acceptors (Lipinski definition) is 5. The molecule has 1 amide bonds. The second-order valence-corrected chi connectivity index (χ2v) is 16.2. The quantitative estimate of drug-likeness (QED) is 0.0328. The smallest absolute Gasteiger partial charge is 0.306 e. The minimum atomic E-state index is -0.780. The minimum Gasteiger partial charge on any atom is -0.462 e. The van der Waals surface area contributed by atoms with Crippen LogP contribution in [0.4, 0.5) is 0 Å². The van der Waals surface area contributed by atoms with E-state index in [1.165, 1.54) is 148 Å². The van der Waals surface area contributed by atoms with E-state index in [2.05, 4.69) is 38.2 Å². The van der Waals surface area contributed by atoms with Gasteiger partial charge in [-0.05, 0) is 44.9 Å². The first kappa shape index (κ1) is 51.6. The third-order valence-electron chi connectivity index (χ3n) is 10.8. The molecule has 0 saturated carbocycles. The van der Waals surface area contributed by atoms with Crippen LogP contribution in [0.1, 0.15) is 252 Å². The Morgan fingerprint density at radius 1 is 0.528 bits per heavy atom. The monoisotopic (exact) mass is 750 g/mol. The summed E-state index contributed by atoms with van der Waals surface area (Å²) in [4.78, 5) is 26.0. The van der Waals surface area contributed by atoms with E-state index in [0.29, 0.717) is 19.3 Å². The molecule has 3 unspecified atom stereocenters. The van der Waals surface area contributed by atoms with Gasteiger partial charge in [-0.1, -0.05) is 206 Å². The zero-order chi connectivity index (χ0) is 38.9. The number of unbranched alkanes of at least 4 members (excludes halogenated alkanes) is 28. The van der Waals surface area contributed by atoms with Crippen LogP contribution in [0.3, 0.4) is 0 Å². The second kappa shape index (κ2) is 41.8. The highest BCUT2D eigenvalue weighted by atomic mass is 16.5. The van der Waals surface area contributed by atoms with E-state index in [0.717, 1.165) is 57.8 Å². The number of carbonyl (C=O) groups excluding carboxylic acids is 2. The molecular weight excluding hydrogens is 659 g/mol. The Balaban J connectivity index is 4.57. The number of allylic oxidation sites excluding steroid dienone is 2. The molecule has 3 atom stereocenters. The maximum atomic E-state index is 13.1. The second-order valence-electron chi connectivity index (χ2n) is 16.2. The first-order valence-electron chi connectivity index (χ1n) is 23.4. The number of rotatable bonds is 42. The summed E-state index contributed by atoms with van der Waals surface area (Å²) in [5.41, 5.74) is 0. The van der Waals surface area contributed by atoms with Crippen LogP contribution in [-0.4, -0.2) is 46.9 Å². The van der Waals surface area contributed by atoms with Crippen molar-refractivity contribution in [1.29, 1.82) is 0 Å². The lowest BCUT2D eigenvalue weighted by molar-refractivity contribution is -0.151. The average Bonchev–Trinajstić information content (AvgIpc) is 3.15. The van der Waals surface area contributed by atoms with E-state index >= 15 is 0 Å². The van der Waals surface area contributed by atoms with Crippen molar-refractivity contribution in [1.82, 2.24) is 5.32 Å². The fourth-order valence-corrected chi connectivity index (χ4v) is 7.23. The van der Waals surface area contributed by atoms with Crippen LogP contribution in [0.5, 0.6) is 0 Å². The van der Waals surface area contributed by atoms with E-state index < -0.39 is 18.2 Å². The average molecular weight is 750 g/mol. The summed E-state index contributed by atoms with van der Waals surface area (Å²) in [5, 5.41) is 23.6.